The first-order chi connectivity index (χ1) is 9.84. The molecular weight excluding hydrogens is 316 g/mol. The van der Waals surface area contributed by atoms with Crippen molar-refractivity contribution in [2.24, 2.45) is 0 Å². The molecule has 1 amide bonds. The Morgan fingerprint density at radius 3 is 2.48 bits per heavy atom. The molecule has 6 nitrogen and oxygen atoms in total. The molecule has 1 aliphatic rings. The molecule has 0 saturated heterocycles. The summed E-state index contributed by atoms with van der Waals surface area (Å²) >= 11 is 11.1. The van der Waals surface area contributed by atoms with E-state index in [-0.39, 0.29) is 21.4 Å². The number of aliphatic carboxylic acids is 1. The van der Waals surface area contributed by atoms with E-state index in [0.29, 0.717) is 5.56 Å². The summed E-state index contributed by atoms with van der Waals surface area (Å²) < 4.78 is 0. The Hall–Kier alpha value is -2.12. The van der Waals surface area contributed by atoms with Gasteiger partial charge in [0, 0.05) is 10.7 Å². The van der Waals surface area contributed by atoms with Gasteiger partial charge >= 0.3 is 12.1 Å². The van der Waals surface area contributed by atoms with Gasteiger partial charge in [-0.05, 0) is 30.8 Å². The summed E-state index contributed by atoms with van der Waals surface area (Å²) in [4.78, 5) is 23.8. The van der Waals surface area contributed by atoms with Crippen LogP contribution in [0.5, 0.6) is 0 Å². The third-order valence-corrected chi connectivity index (χ3v) is 3.73. The molecule has 0 radical (unpaired) electrons. The standard InChI is InChI=1S/C13H11ClN2O4S/c1-6-9(11(17)18)10(7-4-2-3-5-8(7)14)16(13(19)20)12(21)15-6/h2-5,10H,1H3,(H,15,21)(H,17,18)(H,19,20). The van der Waals surface area contributed by atoms with Crippen molar-refractivity contribution in [2.45, 2.75) is 13.0 Å². The number of allylic oxidation sites excluding steroid dienone is 1. The fourth-order valence-corrected chi connectivity index (χ4v) is 2.78. The predicted octanol–water partition coefficient (Wildman–Crippen LogP) is 2.61. The van der Waals surface area contributed by atoms with Gasteiger partial charge in [0.15, 0.2) is 5.11 Å². The molecule has 8 heteroatoms. The minimum Gasteiger partial charge on any atom is -0.478 e. The molecule has 0 aliphatic carbocycles. The summed E-state index contributed by atoms with van der Waals surface area (Å²) in [5, 5.41) is 21.5. The SMILES string of the molecule is CC1=C(C(=O)O)C(c2ccccc2Cl)N(C(=O)O)C(=S)N1. The van der Waals surface area contributed by atoms with Crippen LogP contribution in [0.2, 0.25) is 5.02 Å². The Bertz CT molecular complexity index is 674. The van der Waals surface area contributed by atoms with Gasteiger partial charge in [0.05, 0.1) is 5.57 Å². The maximum absolute atomic E-state index is 11.5. The molecule has 1 heterocycles. The lowest BCUT2D eigenvalue weighted by Gasteiger charge is -2.36. The van der Waals surface area contributed by atoms with Gasteiger partial charge < -0.3 is 15.5 Å². The number of carboxylic acids is 1. The van der Waals surface area contributed by atoms with E-state index in [1.54, 1.807) is 24.3 Å². The lowest BCUT2D eigenvalue weighted by molar-refractivity contribution is -0.133. The third-order valence-electron chi connectivity index (χ3n) is 3.09. The zero-order chi connectivity index (χ0) is 15.7. The minimum atomic E-state index is -1.36. The van der Waals surface area contributed by atoms with Crippen LogP contribution in [-0.2, 0) is 4.79 Å². The van der Waals surface area contributed by atoms with Crippen LogP contribution in [-0.4, -0.2) is 32.3 Å². The van der Waals surface area contributed by atoms with Gasteiger partial charge in [-0.2, -0.15) is 0 Å². The van der Waals surface area contributed by atoms with E-state index in [1.807, 2.05) is 0 Å². The maximum atomic E-state index is 11.5. The van der Waals surface area contributed by atoms with Crippen LogP contribution in [0, 0.1) is 0 Å². The van der Waals surface area contributed by atoms with Gasteiger partial charge in [-0.25, -0.2) is 14.5 Å². The summed E-state index contributed by atoms with van der Waals surface area (Å²) in [6, 6.07) is 5.38. The predicted molar refractivity (Wildman–Crippen MR) is 80.1 cm³/mol. The number of carbonyl (C=O) groups is 2. The van der Waals surface area contributed by atoms with Gasteiger partial charge in [0.2, 0.25) is 0 Å². The van der Waals surface area contributed by atoms with E-state index < -0.39 is 18.1 Å². The first-order valence-corrected chi connectivity index (χ1v) is 6.64. The number of thiocarbonyl (C=S) groups is 1. The molecule has 1 unspecified atom stereocenters. The van der Waals surface area contributed by atoms with E-state index in [9.17, 15) is 19.8 Å². The van der Waals surface area contributed by atoms with Crippen LogP contribution in [0.15, 0.2) is 35.5 Å². The molecule has 110 valence electrons. The Morgan fingerprint density at radius 1 is 1.33 bits per heavy atom. The summed E-state index contributed by atoms with van der Waals surface area (Å²) in [5.41, 5.74) is 0.538. The van der Waals surface area contributed by atoms with Crippen molar-refractivity contribution < 1.29 is 19.8 Å². The van der Waals surface area contributed by atoms with Crippen molar-refractivity contribution in [3.8, 4) is 0 Å². The molecule has 1 aromatic carbocycles. The Balaban J connectivity index is 2.71. The lowest BCUT2D eigenvalue weighted by atomic mass is 9.94. The Kier molecular flexibility index (Phi) is 4.15. The highest BCUT2D eigenvalue weighted by Crippen LogP contribution is 2.37. The Labute approximate surface area is 130 Å². The van der Waals surface area contributed by atoms with E-state index in [4.69, 9.17) is 23.8 Å². The number of benzene rings is 1. The largest absolute Gasteiger partial charge is 0.478 e. The van der Waals surface area contributed by atoms with Gasteiger partial charge in [-0.15, -0.1) is 0 Å². The van der Waals surface area contributed by atoms with Crippen molar-refractivity contribution in [3.05, 3.63) is 46.1 Å². The highest BCUT2D eigenvalue weighted by Gasteiger charge is 2.40. The molecule has 3 N–H and O–H groups in total. The minimum absolute atomic E-state index is 0.0880. The fourth-order valence-electron chi connectivity index (χ4n) is 2.21. The summed E-state index contributed by atoms with van der Waals surface area (Å²) in [6.07, 6.45) is -1.36. The molecule has 0 bridgehead atoms. The van der Waals surface area contributed by atoms with Crippen LogP contribution < -0.4 is 5.32 Å². The van der Waals surface area contributed by atoms with Crippen molar-refractivity contribution in [3.63, 3.8) is 0 Å². The number of hydrogen-bond acceptors (Lipinski definition) is 3. The second-order valence-electron chi connectivity index (χ2n) is 4.35. The first-order valence-electron chi connectivity index (χ1n) is 5.86. The second-order valence-corrected chi connectivity index (χ2v) is 5.14. The molecule has 1 aromatic rings. The number of amides is 1. The number of nitrogens with zero attached hydrogens (tertiary/aromatic N) is 1. The van der Waals surface area contributed by atoms with E-state index in [1.165, 1.54) is 6.92 Å². The zero-order valence-electron chi connectivity index (χ0n) is 10.8. The molecule has 1 aliphatic heterocycles. The third kappa shape index (κ3) is 2.70. The number of nitrogens with one attached hydrogen (secondary N) is 1. The first kappa shape index (κ1) is 15.3. The monoisotopic (exact) mass is 326 g/mol. The van der Waals surface area contributed by atoms with Gasteiger partial charge in [-0.3, -0.25) is 0 Å². The van der Waals surface area contributed by atoms with Crippen molar-refractivity contribution >= 4 is 41.0 Å². The Morgan fingerprint density at radius 2 is 1.95 bits per heavy atom. The average molecular weight is 327 g/mol. The van der Waals surface area contributed by atoms with Crippen LogP contribution in [0.4, 0.5) is 4.79 Å². The number of halogens is 1. The summed E-state index contributed by atoms with van der Waals surface area (Å²) in [6.45, 7) is 1.53. The van der Waals surface area contributed by atoms with Crippen LogP contribution >= 0.6 is 23.8 Å². The molecule has 0 spiro atoms. The average Bonchev–Trinajstić information content (AvgIpc) is 2.37. The number of carboxylic acid groups (broad SMARTS) is 2. The van der Waals surface area contributed by atoms with Crippen molar-refractivity contribution in [2.75, 3.05) is 0 Å². The van der Waals surface area contributed by atoms with Crippen LogP contribution in [0.25, 0.3) is 0 Å². The summed E-state index contributed by atoms with van der Waals surface area (Å²) in [5.74, 6) is -1.24. The molecule has 1 atom stereocenters. The zero-order valence-corrected chi connectivity index (χ0v) is 12.4. The van der Waals surface area contributed by atoms with Gasteiger partial charge in [0.25, 0.3) is 0 Å². The number of hydrogen-bond donors (Lipinski definition) is 3. The van der Waals surface area contributed by atoms with Gasteiger partial charge in [0.1, 0.15) is 6.04 Å². The molecule has 21 heavy (non-hydrogen) atoms. The fraction of sp³-hybridized carbons (Fsp3) is 0.154. The van der Waals surface area contributed by atoms with Crippen LogP contribution in [0.3, 0.4) is 0 Å². The summed E-state index contributed by atoms with van der Waals surface area (Å²) in [7, 11) is 0. The normalized spacial score (nSPS) is 18.5. The molecule has 0 saturated carbocycles. The highest BCUT2D eigenvalue weighted by molar-refractivity contribution is 7.80. The number of rotatable bonds is 2. The van der Waals surface area contributed by atoms with E-state index in [0.717, 1.165) is 4.90 Å². The molecular formula is C13H11ClN2O4S. The lowest BCUT2D eigenvalue weighted by Crippen LogP contribution is -2.50. The molecule has 0 aromatic heterocycles. The maximum Gasteiger partial charge on any atom is 0.414 e. The topological polar surface area (TPSA) is 89.9 Å². The molecule has 2 rings (SSSR count). The van der Waals surface area contributed by atoms with Crippen molar-refractivity contribution in [1.82, 2.24) is 10.2 Å². The van der Waals surface area contributed by atoms with Gasteiger partial charge in [-0.1, -0.05) is 29.8 Å². The highest BCUT2D eigenvalue weighted by atomic mass is 35.5. The molecule has 0 fully saturated rings. The quantitative estimate of drug-likeness (QED) is 0.724. The smallest absolute Gasteiger partial charge is 0.414 e. The van der Waals surface area contributed by atoms with E-state index >= 15 is 0 Å². The van der Waals surface area contributed by atoms with Crippen LogP contribution in [0.1, 0.15) is 18.5 Å². The van der Waals surface area contributed by atoms with E-state index in [2.05, 4.69) is 5.32 Å². The van der Waals surface area contributed by atoms with Crippen molar-refractivity contribution in [1.29, 1.82) is 0 Å². The second kappa shape index (κ2) is 5.71.